The number of fused-ring (bicyclic) bond motifs is 5. The van der Waals surface area contributed by atoms with Crippen molar-refractivity contribution in [2.75, 3.05) is 0 Å². The second-order valence-electron chi connectivity index (χ2n) is 13.2. The van der Waals surface area contributed by atoms with Gasteiger partial charge in [0.25, 0.3) is 0 Å². The summed E-state index contributed by atoms with van der Waals surface area (Å²) in [7, 11) is 0. The predicted octanol–water partition coefficient (Wildman–Crippen LogP) is 14.1. The summed E-state index contributed by atoms with van der Waals surface area (Å²) in [6.07, 6.45) is 0. The molecule has 0 aliphatic carbocycles. The molecule has 50 heavy (non-hydrogen) atoms. The van der Waals surface area contributed by atoms with Crippen LogP contribution < -0.4 is 0 Å². The topological polar surface area (TPSA) is 0 Å². The van der Waals surface area contributed by atoms with Crippen LogP contribution in [0.5, 0.6) is 0 Å². The standard InChI is InChI=1S/C50H32/c1-2-15-35-31-37(28-27-33(35)13-1)41-30-29-40(42-20-5-6-21-43(41)42)36-17-11-18-38(32-36)49-45-22-7-9-24-47(45)50(48-25-10-8-23-46(48)49)44-26-12-16-34-14-3-4-19-39(34)44/h1-32H. The van der Waals surface area contributed by atoms with E-state index in [1.54, 1.807) is 0 Å². The predicted molar refractivity (Wildman–Crippen MR) is 216 cm³/mol. The maximum Gasteiger partial charge on any atom is -0.00201 e. The number of hydrogen-bond acceptors (Lipinski definition) is 0. The lowest BCUT2D eigenvalue weighted by atomic mass is 9.84. The maximum atomic E-state index is 2.39. The van der Waals surface area contributed by atoms with E-state index in [1.165, 1.54) is 98.4 Å². The van der Waals surface area contributed by atoms with Gasteiger partial charge in [0, 0.05) is 0 Å². The Bertz CT molecular complexity index is 2860. The van der Waals surface area contributed by atoms with Crippen LogP contribution in [0, 0.1) is 0 Å². The second-order valence-corrected chi connectivity index (χ2v) is 13.2. The Morgan fingerprint density at radius 3 is 1.32 bits per heavy atom. The lowest BCUT2D eigenvalue weighted by Gasteiger charge is -2.19. The van der Waals surface area contributed by atoms with Crippen LogP contribution in [0.15, 0.2) is 194 Å². The fourth-order valence-electron chi connectivity index (χ4n) is 8.17. The van der Waals surface area contributed by atoms with E-state index >= 15 is 0 Å². The third kappa shape index (κ3) is 4.54. The minimum atomic E-state index is 1.22. The van der Waals surface area contributed by atoms with Crippen LogP contribution in [0.1, 0.15) is 0 Å². The quantitative estimate of drug-likeness (QED) is 0.169. The molecule has 0 atom stereocenters. The smallest absolute Gasteiger partial charge is 0.00201 e. The zero-order valence-electron chi connectivity index (χ0n) is 27.5. The molecule has 0 radical (unpaired) electrons. The first-order chi connectivity index (χ1) is 24.8. The van der Waals surface area contributed by atoms with Crippen molar-refractivity contribution >= 4 is 53.9 Å². The summed E-state index contributed by atoms with van der Waals surface area (Å²) in [6.45, 7) is 0. The zero-order valence-corrected chi connectivity index (χ0v) is 27.5. The fraction of sp³-hybridized carbons (Fsp3) is 0. The molecular formula is C50H32. The lowest BCUT2D eigenvalue weighted by molar-refractivity contribution is 1.62. The average molecular weight is 633 g/mol. The van der Waals surface area contributed by atoms with Crippen molar-refractivity contribution in [1.82, 2.24) is 0 Å². The molecule has 0 N–H and O–H groups in total. The molecule has 0 bridgehead atoms. The van der Waals surface area contributed by atoms with Crippen LogP contribution in [0.4, 0.5) is 0 Å². The van der Waals surface area contributed by atoms with Gasteiger partial charge in [0.2, 0.25) is 0 Å². The van der Waals surface area contributed by atoms with Crippen molar-refractivity contribution in [3.05, 3.63) is 194 Å². The minimum absolute atomic E-state index is 1.22. The van der Waals surface area contributed by atoms with E-state index in [9.17, 15) is 0 Å². The maximum absolute atomic E-state index is 2.39. The molecule has 0 aliphatic rings. The van der Waals surface area contributed by atoms with Gasteiger partial charge in [0.1, 0.15) is 0 Å². The SMILES string of the molecule is c1cc(-c2ccc(-c3ccc4ccccc4c3)c3ccccc23)cc(-c2c3ccccc3c(-c3cccc4ccccc34)c3ccccc23)c1. The molecule has 0 heterocycles. The molecule has 0 nitrogen and oxygen atoms in total. The van der Waals surface area contributed by atoms with E-state index in [0.717, 1.165) is 0 Å². The molecule has 0 aromatic heterocycles. The Kier molecular flexibility index (Phi) is 6.60. The van der Waals surface area contributed by atoms with E-state index in [0.29, 0.717) is 0 Å². The van der Waals surface area contributed by atoms with Gasteiger partial charge in [-0.2, -0.15) is 0 Å². The zero-order chi connectivity index (χ0) is 33.0. The summed E-state index contributed by atoms with van der Waals surface area (Å²) in [6, 6.07) is 71.3. The van der Waals surface area contributed by atoms with E-state index < -0.39 is 0 Å². The highest BCUT2D eigenvalue weighted by atomic mass is 14.2. The Morgan fingerprint density at radius 2 is 0.660 bits per heavy atom. The molecule has 0 amide bonds. The molecule has 0 fully saturated rings. The van der Waals surface area contributed by atoms with Crippen LogP contribution in [0.25, 0.3) is 98.4 Å². The Labute approximate surface area is 291 Å². The van der Waals surface area contributed by atoms with Gasteiger partial charge in [-0.05, 0) is 111 Å². The monoisotopic (exact) mass is 632 g/mol. The molecule has 0 heteroatoms. The van der Waals surface area contributed by atoms with Crippen LogP contribution in [-0.2, 0) is 0 Å². The largest absolute Gasteiger partial charge is 0.0616 e. The summed E-state index contributed by atoms with van der Waals surface area (Å²) in [5.74, 6) is 0. The van der Waals surface area contributed by atoms with E-state index in [-0.39, 0.29) is 0 Å². The van der Waals surface area contributed by atoms with Gasteiger partial charge in [-0.1, -0.05) is 182 Å². The third-order valence-corrected chi connectivity index (χ3v) is 10.4. The molecule has 10 rings (SSSR count). The highest BCUT2D eigenvalue weighted by molar-refractivity contribution is 6.23. The summed E-state index contributed by atoms with van der Waals surface area (Å²) in [4.78, 5) is 0. The second kappa shape index (κ2) is 11.6. The van der Waals surface area contributed by atoms with Crippen molar-refractivity contribution in [3.63, 3.8) is 0 Å². The molecule has 232 valence electrons. The van der Waals surface area contributed by atoms with Crippen LogP contribution >= 0.6 is 0 Å². The van der Waals surface area contributed by atoms with Gasteiger partial charge in [-0.15, -0.1) is 0 Å². The number of hydrogen-bond donors (Lipinski definition) is 0. The third-order valence-electron chi connectivity index (χ3n) is 10.4. The number of rotatable bonds is 4. The Hall–Kier alpha value is -6.50. The molecule has 0 aliphatic heterocycles. The highest BCUT2D eigenvalue weighted by Crippen LogP contribution is 2.46. The van der Waals surface area contributed by atoms with Crippen molar-refractivity contribution in [2.24, 2.45) is 0 Å². The van der Waals surface area contributed by atoms with Gasteiger partial charge < -0.3 is 0 Å². The van der Waals surface area contributed by atoms with Crippen molar-refractivity contribution in [2.45, 2.75) is 0 Å². The van der Waals surface area contributed by atoms with Gasteiger partial charge in [0.15, 0.2) is 0 Å². The van der Waals surface area contributed by atoms with Crippen molar-refractivity contribution in [3.8, 4) is 44.5 Å². The van der Waals surface area contributed by atoms with Gasteiger partial charge in [-0.25, -0.2) is 0 Å². The van der Waals surface area contributed by atoms with E-state index in [1.807, 2.05) is 0 Å². The summed E-state index contributed by atoms with van der Waals surface area (Å²) in [5.41, 5.74) is 10.0. The molecule has 0 saturated carbocycles. The Balaban J connectivity index is 1.18. The van der Waals surface area contributed by atoms with Crippen LogP contribution in [-0.4, -0.2) is 0 Å². The number of benzene rings is 10. The summed E-state index contributed by atoms with van der Waals surface area (Å²) >= 11 is 0. The van der Waals surface area contributed by atoms with Gasteiger partial charge in [0.05, 0.1) is 0 Å². The summed E-state index contributed by atoms with van der Waals surface area (Å²) in [5, 5.41) is 12.7. The van der Waals surface area contributed by atoms with Crippen molar-refractivity contribution < 1.29 is 0 Å². The van der Waals surface area contributed by atoms with Crippen LogP contribution in [0.2, 0.25) is 0 Å². The van der Waals surface area contributed by atoms with Crippen LogP contribution in [0.3, 0.4) is 0 Å². The van der Waals surface area contributed by atoms with Gasteiger partial charge in [-0.3, -0.25) is 0 Å². The van der Waals surface area contributed by atoms with Gasteiger partial charge >= 0.3 is 0 Å². The first-order valence-corrected chi connectivity index (χ1v) is 17.4. The molecule has 10 aromatic rings. The van der Waals surface area contributed by atoms with E-state index in [2.05, 4.69) is 194 Å². The Morgan fingerprint density at radius 1 is 0.200 bits per heavy atom. The lowest BCUT2D eigenvalue weighted by Crippen LogP contribution is -1.92. The molecule has 0 spiro atoms. The first kappa shape index (κ1) is 28.5. The highest BCUT2D eigenvalue weighted by Gasteiger charge is 2.18. The molecule has 10 aromatic carbocycles. The summed E-state index contributed by atoms with van der Waals surface area (Å²) < 4.78 is 0. The van der Waals surface area contributed by atoms with E-state index in [4.69, 9.17) is 0 Å². The fourth-order valence-corrected chi connectivity index (χ4v) is 8.17. The molecule has 0 saturated heterocycles. The van der Waals surface area contributed by atoms with Crippen molar-refractivity contribution in [1.29, 1.82) is 0 Å². The first-order valence-electron chi connectivity index (χ1n) is 17.4. The average Bonchev–Trinajstić information content (AvgIpc) is 3.19. The molecular weight excluding hydrogens is 601 g/mol. The minimum Gasteiger partial charge on any atom is -0.0616 e. The molecule has 0 unspecified atom stereocenters. The normalized spacial score (nSPS) is 11.6.